The molecule has 0 fully saturated rings. The minimum atomic E-state index is -0.206. The number of alkyl halides is 1. The van der Waals surface area contributed by atoms with Crippen molar-refractivity contribution in [3.63, 3.8) is 0 Å². The lowest BCUT2D eigenvalue weighted by Crippen LogP contribution is -2.35. The molecule has 1 aromatic rings. The minimum absolute atomic E-state index is 0.0410. The van der Waals surface area contributed by atoms with Crippen LogP contribution < -0.4 is 14.5 Å². The lowest BCUT2D eigenvalue weighted by molar-refractivity contribution is -0.121. The lowest BCUT2D eigenvalue weighted by Gasteiger charge is -2.27. The zero-order valence-corrected chi connectivity index (χ0v) is 10.9. The molecular weight excluding hydrogens is 256 g/mol. The van der Waals surface area contributed by atoms with Gasteiger partial charge < -0.3 is 14.5 Å². The van der Waals surface area contributed by atoms with Crippen molar-refractivity contribution in [3.05, 3.63) is 18.2 Å². The van der Waals surface area contributed by atoms with Crippen molar-refractivity contribution in [1.82, 2.24) is 0 Å². The highest BCUT2D eigenvalue weighted by atomic mass is 35.5. The van der Waals surface area contributed by atoms with Crippen LogP contribution in [0.15, 0.2) is 18.2 Å². The molecule has 0 aliphatic carbocycles. The van der Waals surface area contributed by atoms with Crippen LogP contribution in [0.1, 0.15) is 0 Å². The summed E-state index contributed by atoms with van der Waals surface area (Å²) >= 11 is 5.51. The Labute approximate surface area is 110 Å². The number of carbonyl (C=O) groups is 2. The quantitative estimate of drug-likeness (QED) is 0.759. The molecule has 0 bridgehead atoms. The van der Waals surface area contributed by atoms with Gasteiger partial charge in [-0.15, -0.1) is 11.6 Å². The van der Waals surface area contributed by atoms with E-state index in [0.717, 1.165) is 0 Å². The fourth-order valence-electron chi connectivity index (χ4n) is 1.70. The molecular formula is C12H13ClN2O3. The van der Waals surface area contributed by atoms with Crippen molar-refractivity contribution in [3.8, 4) is 5.75 Å². The molecule has 2 rings (SSSR count). The number of likely N-dealkylation sites (N-methyl/N-ethyl adjacent to an activating group) is 1. The predicted molar refractivity (Wildman–Crippen MR) is 69.5 cm³/mol. The van der Waals surface area contributed by atoms with Crippen molar-refractivity contribution in [2.24, 2.45) is 0 Å². The van der Waals surface area contributed by atoms with Crippen LogP contribution >= 0.6 is 11.6 Å². The Morgan fingerprint density at radius 1 is 1.56 bits per heavy atom. The van der Waals surface area contributed by atoms with Crippen LogP contribution in [0.5, 0.6) is 5.75 Å². The van der Waals surface area contributed by atoms with Crippen molar-refractivity contribution >= 4 is 34.8 Å². The first kappa shape index (κ1) is 12.7. The SMILES string of the molecule is CN(C(=O)CCl)c1ccc2c(c1)N(C)C(=O)CO2. The van der Waals surface area contributed by atoms with Gasteiger partial charge in [-0.2, -0.15) is 0 Å². The fourth-order valence-corrected chi connectivity index (χ4v) is 1.88. The number of nitrogens with zero attached hydrogens (tertiary/aromatic N) is 2. The molecule has 0 radical (unpaired) electrons. The Bertz CT molecular complexity index is 504. The van der Waals surface area contributed by atoms with Crippen LogP contribution in [0.4, 0.5) is 11.4 Å². The van der Waals surface area contributed by atoms with Crippen LogP contribution in [0.25, 0.3) is 0 Å². The molecule has 0 saturated carbocycles. The average Bonchev–Trinajstić information content (AvgIpc) is 2.41. The van der Waals surface area contributed by atoms with E-state index < -0.39 is 0 Å². The number of ether oxygens (including phenoxy) is 1. The number of benzene rings is 1. The molecule has 0 aromatic heterocycles. The maximum atomic E-state index is 11.5. The molecule has 1 aromatic carbocycles. The van der Waals surface area contributed by atoms with Gasteiger partial charge in [-0.1, -0.05) is 0 Å². The van der Waals surface area contributed by atoms with E-state index in [1.165, 1.54) is 9.80 Å². The van der Waals surface area contributed by atoms with Crippen molar-refractivity contribution in [1.29, 1.82) is 0 Å². The third-order valence-electron chi connectivity index (χ3n) is 2.90. The second-order valence-corrected chi connectivity index (χ2v) is 4.25. The van der Waals surface area contributed by atoms with Gasteiger partial charge in [0.05, 0.1) is 5.69 Å². The molecule has 96 valence electrons. The molecule has 0 spiro atoms. The van der Waals surface area contributed by atoms with Crippen molar-refractivity contribution in [2.45, 2.75) is 0 Å². The number of anilines is 2. The number of hydrogen-bond acceptors (Lipinski definition) is 3. The third-order valence-corrected chi connectivity index (χ3v) is 3.13. The number of rotatable bonds is 2. The molecule has 1 aliphatic rings. The summed E-state index contributed by atoms with van der Waals surface area (Å²) < 4.78 is 5.31. The standard InChI is InChI=1S/C12H13ClN2O3/c1-14(11(16)6-13)8-3-4-10-9(5-8)15(2)12(17)7-18-10/h3-5H,6-7H2,1-2H3. The summed E-state index contributed by atoms with van der Waals surface area (Å²) in [6.07, 6.45) is 0. The van der Waals surface area contributed by atoms with Crippen LogP contribution in [0.2, 0.25) is 0 Å². The Morgan fingerprint density at radius 3 is 2.94 bits per heavy atom. The van der Waals surface area contributed by atoms with Gasteiger partial charge in [0.1, 0.15) is 11.6 Å². The average molecular weight is 269 g/mol. The normalized spacial score (nSPS) is 13.9. The number of hydrogen-bond donors (Lipinski definition) is 0. The first-order chi connectivity index (χ1) is 8.54. The molecule has 6 heteroatoms. The molecule has 0 N–H and O–H groups in total. The molecule has 0 saturated heterocycles. The second kappa shape index (κ2) is 4.86. The minimum Gasteiger partial charge on any atom is -0.482 e. The van der Waals surface area contributed by atoms with Crippen LogP contribution in [0, 0.1) is 0 Å². The highest BCUT2D eigenvalue weighted by molar-refractivity contribution is 6.29. The van der Waals surface area contributed by atoms with E-state index >= 15 is 0 Å². The van der Waals surface area contributed by atoms with Gasteiger partial charge in [-0.05, 0) is 18.2 Å². The van der Waals surface area contributed by atoms with Gasteiger partial charge in [0, 0.05) is 19.8 Å². The Morgan fingerprint density at radius 2 is 2.28 bits per heavy atom. The summed E-state index contributed by atoms with van der Waals surface area (Å²) in [5, 5.41) is 0. The summed E-state index contributed by atoms with van der Waals surface area (Å²) in [7, 11) is 3.31. The second-order valence-electron chi connectivity index (χ2n) is 3.98. The topological polar surface area (TPSA) is 49.9 Å². The van der Waals surface area contributed by atoms with Gasteiger partial charge >= 0.3 is 0 Å². The summed E-state index contributed by atoms with van der Waals surface area (Å²) in [5.41, 5.74) is 1.32. The molecule has 1 aliphatic heterocycles. The van der Waals surface area contributed by atoms with Gasteiger partial charge in [0.15, 0.2) is 6.61 Å². The van der Waals surface area contributed by atoms with E-state index in [0.29, 0.717) is 17.1 Å². The number of fused-ring (bicyclic) bond motifs is 1. The summed E-state index contributed by atoms with van der Waals surface area (Å²) in [5.74, 6) is 0.222. The smallest absolute Gasteiger partial charge is 0.264 e. The first-order valence-electron chi connectivity index (χ1n) is 5.40. The predicted octanol–water partition coefficient (Wildman–Crippen LogP) is 1.24. The van der Waals surface area contributed by atoms with Crippen LogP contribution in [0.3, 0.4) is 0 Å². The maximum absolute atomic E-state index is 11.5. The maximum Gasteiger partial charge on any atom is 0.264 e. The van der Waals surface area contributed by atoms with E-state index in [4.69, 9.17) is 16.3 Å². The Balaban J connectivity index is 2.37. The number of halogens is 1. The number of amides is 2. The Kier molecular flexibility index (Phi) is 3.43. The monoisotopic (exact) mass is 268 g/mol. The van der Waals surface area contributed by atoms with Crippen LogP contribution in [-0.4, -0.2) is 38.4 Å². The highest BCUT2D eigenvalue weighted by Crippen LogP contribution is 2.34. The summed E-state index contributed by atoms with van der Waals surface area (Å²) in [4.78, 5) is 26.0. The van der Waals surface area contributed by atoms with Gasteiger partial charge in [0.2, 0.25) is 5.91 Å². The summed E-state index contributed by atoms with van der Waals surface area (Å²) in [6.45, 7) is 0.0410. The van der Waals surface area contributed by atoms with E-state index in [9.17, 15) is 9.59 Å². The Hall–Kier alpha value is -1.75. The fraction of sp³-hybridized carbons (Fsp3) is 0.333. The molecule has 0 unspecified atom stereocenters. The zero-order valence-electron chi connectivity index (χ0n) is 10.1. The number of carbonyl (C=O) groups excluding carboxylic acids is 2. The lowest BCUT2D eigenvalue weighted by atomic mass is 10.2. The van der Waals surface area contributed by atoms with E-state index in [1.54, 1.807) is 32.3 Å². The molecule has 1 heterocycles. The summed E-state index contributed by atoms with van der Waals surface area (Å²) in [6, 6.07) is 5.23. The van der Waals surface area contributed by atoms with Crippen molar-refractivity contribution in [2.75, 3.05) is 36.4 Å². The van der Waals surface area contributed by atoms with E-state index in [-0.39, 0.29) is 24.3 Å². The first-order valence-corrected chi connectivity index (χ1v) is 5.94. The van der Waals surface area contributed by atoms with Crippen molar-refractivity contribution < 1.29 is 14.3 Å². The molecule has 0 atom stereocenters. The van der Waals surface area contributed by atoms with Crippen LogP contribution in [-0.2, 0) is 9.59 Å². The van der Waals surface area contributed by atoms with E-state index in [2.05, 4.69) is 0 Å². The largest absolute Gasteiger partial charge is 0.482 e. The molecule has 18 heavy (non-hydrogen) atoms. The molecule has 5 nitrogen and oxygen atoms in total. The van der Waals surface area contributed by atoms with E-state index in [1.807, 2.05) is 0 Å². The van der Waals surface area contributed by atoms with Gasteiger partial charge in [0.25, 0.3) is 5.91 Å². The highest BCUT2D eigenvalue weighted by Gasteiger charge is 2.23. The zero-order chi connectivity index (χ0) is 13.3. The third kappa shape index (κ3) is 2.13. The van der Waals surface area contributed by atoms with Gasteiger partial charge in [-0.3, -0.25) is 9.59 Å². The molecule has 2 amide bonds. The van der Waals surface area contributed by atoms with Gasteiger partial charge in [-0.25, -0.2) is 0 Å².